The van der Waals surface area contributed by atoms with Crippen molar-refractivity contribution < 1.29 is 37.8 Å². The molecule has 0 fully saturated rings. The summed E-state index contributed by atoms with van der Waals surface area (Å²) in [7, 11) is 0. The Bertz CT molecular complexity index is 1440. The van der Waals surface area contributed by atoms with Crippen LogP contribution in [0.3, 0.4) is 0 Å². The van der Waals surface area contributed by atoms with E-state index >= 15 is 0 Å². The highest BCUT2D eigenvalue weighted by Gasteiger charge is 2.23. The fourth-order valence-corrected chi connectivity index (χ4v) is 3.77. The molecule has 5 N–H and O–H groups in total. The van der Waals surface area contributed by atoms with Crippen LogP contribution in [0, 0.1) is 18.6 Å². The Morgan fingerprint density at radius 2 is 1.78 bits per heavy atom. The van der Waals surface area contributed by atoms with E-state index in [9.17, 15) is 28.0 Å². The fourth-order valence-electron chi connectivity index (χ4n) is 3.62. The molecular formula is C27H26ClF2N5O6. The van der Waals surface area contributed by atoms with Crippen LogP contribution in [0.2, 0.25) is 5.15 Å². The molecule has 3 aromatic rings. The number of aliphatic carboxylic acids is 1. The van der Waals surface area contributed by atoms with E-state index < -0.39 is 47.8 Å². The lowest BCUT2D eigenvalue weighted by Gasteiger charge is -2.16. The molecule has 1 atom stereocenters. The zero-order valence-electron chi connectivity index (χ0n) is 21.7. The lowest BCUT2D eigenvalue weighted by Crippen LogP contribution is -2.30. The molecule has 0 bridgehead atoms. The predicted octanol–water partition coefficient (Wildman–Crippen LogP) is 5.12. The smallest absolute Gasteiger partial charge is 0.412 e. The van der Waals surface area contributed by atoms with Gasteiger partial charge in [0, 0.05) is 17.8 Å². The van der Waals surface area contributed by atoms with Crippen molar-refractivity contribution in [3.63, 3.8) is 0 Å². The second kappa shape index (κ2) is 14.6. The van der Waals surface area contributed by atoms with Gasteiger partial charge in [-0.25, -0.2) is 23.4 Å². The molecule has 1 aromatic heterocycles. The molecule has 0 spiro atoms. The minimum absolute atomic E-state index is 0.0954. The van der Waals surface area contributed by atoms with Crippen molar-refractivity contribution in [1.29, 1.82) is 0 Å². The molecule has 0 aliphatic rings. The molecule has 0 saturated carbocycles. The van der Waals surface area contributed by atoms with Gasteiger partial charge in [0.05, 0.1) is 12.2 Å². The fraction of sp³-hybridized carbons (Fsp3) is 0.222. The minimum Gasteiger partial charge on any atom is -0.479 e. The second-order valence-corrected chi connectivity index (χ2v) is 9.12. The van der Waals surface area contributed by atoms with Crippen molar-refractivity contribution in [1.82, 2.24) is 15.3 Å². The quantitative estimate of drug-likeness (QED) is 0.183. The van der Waals surface area contributed by atoms with Gasteiger partial charge in [0.2, 0.25) is 5.91 Å². The van der Waals surface area contributed by atoms with Crippen LogP contribution < -0.4 is 16.0 Å². The number of nitrogens with one attached hydrogen (secondary N) is 4. The first kappa shape index (κ1) is 30.8. The van der Waals surface area contributed by atoms with Crippen molar-refractivity contribution in [2.75, 3.05) is 17.2 Å². The van der Waals surface area contributed by atoms with Gasteiger partial charge < -0.3 is 25.5 Å². The topological polar surface area (TPSA) is 163 Å². The Kier molecular flexibility index (Phi) is 10.9. The van der Waals surface area contributed by atoms with Crippen LogP contribution >= 0.6 is 11.6 Å². The Morgan fingerprint density at radius 1 is 1.10 bits per heavy atom. The Labute approximate surface area is 238 Å². The van der Waals surface area contributed by atoms with E-state index in [-0.39, 0.29) is 35.4 Å². The number of allylic oxidation sites excluding steroid dienone is 1. The number of rotatable bonds is 12. The molecule has 3 rings (SSSR count). The maximum Gasteiger partial charge on any atom is 0.412 e. The van der Waals surface area contributed by atoms with E-state index in [1.54, 1.807) is 24.3 Å². The first-order chi connectivity index (χ1) is 19.5. The first-order valence-electron chi connectivity index (χ1n) is 12.2. The SMILES string of the molecule is Cc1cc(F)c(C(=O)N[C@@H](C/C=C/CCC(=O)Nc2cccc(NC(=O)OCC(=O)O)c2)c2ncc(Cl)[nH]2)c(F)c1. The van der Waals surface area contributed by atoms with Gasteiger partial charge in [-0.15, -0.1) is 0 Å². The third kappa shape index (κ3) is 9.72. The van der Waals surface area contributed by atoms with Gasteiger partial charge in [-0.05, 0) is 55.7 Å². The van der Waals surface area contributed by atoms with Gasteiger partial charge in [0.1, 0.15) is 28.2 Å². The lowest BCUT2D eigenvalue weighted by atomic mass is 10.1. The van der Waals surface area contributed by atoms with Crippen molar-refractivity contribution in [2.24, 2.45) is 0 Å². The minimum atomic E-state index is -1.30. The molecule has 2 aromatic carbocycles. The molecule has 14 heteroatoms. The number of imidazole rings is 1. The van der Waals surface area contributed by atoms with Gasteiger partial charge in [-0.1, -0.05) is 29.8 Å². The summed E-state index contributed by atoms with van der Waals surface area (Å²) in [5.74, 6) is -4.28. The zero-order chi connectivity index (χ0) is 29.9. The zero-order valence-corrected chi connectivity index (χ0v) is 22.4. The van der Waals surface area contributed by atoms with Crippen molar-refractivity contribution in [3.8, 4) is 0 Å². The third-order valence-corrected chi connectivity index (χ3v) is 5.60. The number of benzene rings is 2. The summed E-state index contributed by atoms with van der Waals surface area (Å²) in [5, 5.41) is 16.4. The van der Waals surface area contributed by atoms with E-state index in [1.807, 2.05) is 0 Å². The average molecular weight is 590 g/mol. The van der Waals surface area contributed by atoms with Gasteiger partial charge in [0.25, 0.3) is 5.91 Å². The van der Waals surface area contributed by atoms with Crippen LogP contribution in [-0.2, 0) is 14.3 Å². The highest BCUT2D eigenvalue weighted by atomic mass is 35.5. The number of aromatic amines is 1. The van der Waals surface area contributed by atoms with Crippen LogP contribution in [0.25, 0.3) is 0 Å². The van der Waals surface area contributed by atoms with E-state index in [2.05, 4.69) is 30.7 Å². The van der Waals surface area contributed by atoms with E-state index in [1.165, 1.54) is 25.3 Å². The number of anilines is 2. The number of H-pyrrole nitrogens is 1. The number of halogens is 3. The number of aryl methyl sites for hydroxylation is 1. The van der Waals surface area contributed by atoms with Crippen molar-refractivity contribution in [2.45, 2.75) is 32.2 Å². The summed E-state index contributed by atoms with van der Waals surface area (Å²) in [6.45, 7) is 0.716. The van der Waals surface area contributed by atoms with Crippen LogP contribution in [0.5, 0.6) is 0 Å². The summed E-state index contributed by atoms with van der Waals surface area (Å²) < 4.78 is 33.1. The third-order valence-electron chi connectivity index (χ3n) is 5.41. The van der Waals surface area contributed by atoms with E-state index in [0.717, 1.165) is 12.1 Å². The molecule has 0 radical (unpaired) electrons. The molecular weight excluding hydrogens is 564 g/mol. The maximum absolute atomic E-state index is 14.3. The Morgan fingerprint density at radius 3 is 2.41 bits per heavy atom. The molecule has 1 heterocycles. The van der Waals surface area contributed by atoms with Crippen LogP contribution in [0.4, 0.5) is 25.0 Å². The number of aromatic nitrogens is 2. The number of nitrogens with zero attached hydrogens (tertiary/aromatic N) is 1. The number of carbonyl (C=O) groups is 4. The van der Waals surface area contributed by atoms with Gasteiger partial charge in [0.15, 0.2) is 6.61 Å². The van der Waals surface area contributed by atoms with Crippen LogP contribution in [-0.4, -0.2) is 45.6 Å². The second-order valence-electron chi connectivity index (χ2n) is 8.72. The van der Waals surface area contributed by atoms with Gasteiger partial charge in [-0.3, -0.25) is 14.9 Å². The molecule has 11 nitrogen and oxygen atoms in total. The number of amides is 3. The number of hydrogen-bond acceptors (Lipinski definition) is 6. The number of ether oxygens (including phenoxy) is 1. The van der Waals surface area contributed by atoms with E-state index in [4.69, 9.17) is 16.7 Å². The van der Waals surface area contributed by atoms with Gasteiger partial charge >= 0.3 is 12.1 Å². The maximum atomic E-state index is 14.3. The molecule has 0 aliphatic heterocycles. The van der Waals surface area contributed by atoms with Crippen molar-refractivity contribution >= 4 is 46.9 Å². The Hall–Kier alpha value is -4.78. The predicted molar refractivity (Wildman–Crippen MR) is 146 cm³/mol. The standard InChI is InChI=1S/C27H26ClF2N5O6/c1-15-10-18(29)24(19(30)11-15)26(39)34-20(25-31-13-21(28)35-25)8-3-2-4-9-22(36)32-16-6-5-7-17(12-16)33-27(40)41-14-23(37)38/h2-3,5-7,10-13,20H,4,8-9,14H2,1H3,(H,31,35)(H,32,36)(H,33,40)(H,34,39)(H,37,38)/b3-2+/t20-/m0/s1. The van der Waals surface area contributed by atoms with Gasteiger partial charge in [-0.2, -0.15) is 0 Å². The summed E-state index contributed by atoms with van der Waals surface area (Å²) in [5.41, 5.74) is 0.299. The largest absolute Gasteiger partial charge is 0.479 e. The molecule has 0 saturated heterocycles. The molecule has 0 aliphatic carbocycles. The van der Waals surface area contributed by atoms with E-state index in [0.29, 0.717) is 17.7 Å². The van der Waals surface area contributed by atoms with Crippen molar-refractivity contribution in [3.05, 3.63) is 88.5 Å². The molecule has 216 valence electrons. The number of carboxylic acids is 1. The normalized spacial score (nSPS) is 11.6. The highest BCUT2D eigenvalue weighted by molar-refractivity contribution is 6.29. The van der Waals surface area contributed by atoms with Crippen LogP contribution in [0.15, 0.2) is 54.7 Å². The summed E-state index contributed by atoms with van der Waals surface area (Å²) >= 11 is 5.91. The average Bonchev–Trinajstić information content (AvgIpc) is 3.32. The highest BCUT2D eigenvalue weighted by Crippen LogP contribution is 2.21. The molecule has 3 amide bonds. The molecule has 0 unspecified atom stereocenters. The number of carboxylic acid groups (broad SMARTS) is 1. The molecule has 41 heavy (non-hydrogen) atoms. The number of hydrogen-bond donors (Lipinski definition) is 5. The summed E-state index contributed by atoms with van der Waals surface area (Å²) in [4.78, 5) is 54.0. The summed E-state index contributed by atoms with van der Waals surface area (Å²) in [6, 6.07) is 7.50. The lowest BCUT2D eigenvalue weighted by molar-refractivity contribution is -0.140. The summed E-state index contributed by atoms with van der Waals surface area (Å²) in [6.07, 6.45) is 4.36. The van der Waals surface area contributed by atoms with Crippen LogP contribution in [0.1, 0.15) is 47.1 Å². The first-order valence-corrected chi connectivity index (χ1v) is 12.6. The number of carbonyl (C=O) groups excluding carboxylic acids is 3. The Balaban J connectivity index is 1.54. The monoisotopic (exact) mass is 589 g/mol.